The zero-order valence-corrected chi connectivity index (χ0v) is 8.69. The number of fused-ring (bicyclic) bond motifs is 1. The molecule has 5 nitrogen and oxygen atoms in total. The number of hydrogen-bond acceptors (Lipinski definition) is 5. The number of hydrogen-bond donors (Lipinski definition) is 0. The number of aldehydes is 1. The monoisotopic (exact) mass is 208 g/mol. The minimum Gasteiger partial charge on any atom is -0.455 e. The minimum atomic E-state index is 0.202. The second-order valence-electron chi connectivity index (χ2n) is 3.59. The molecule has 0 aliphatic carbocycles. The maximum Gasteiger partial charge on any atom is 0.211 e. The van der Waals surface area contributed by atoms with Crippen LogP contribution in [0.4, 0.5) is 0 Å². The van der Waals surface area contributed by atoms with Crippen LogP contribution >= 0.6 is 0 Å². The van der Waals surface area contributed by atoms with Crippen molar-refractivity contribution in [2.75, 3.05) is 20.6 Å². The molecule has 0 spiro atoms. The van der Waals surface area contributed by atoms with Crippen LogP contribution in [0.5, 0.6) is 0 Å². The maximum absolute atomic E-state index is 10.6. The van der Waals surface area contributed by atoms with Gasteiger partial charge in [-0.2, -0.15) is 0 Å². The van der Waals surface area contributed by atoms with Crippen LogP contribution in [0.1, 0.15) is 16.4 Å². The lowest BCUT2D eigenvalue weighted by molar-refractivity contribution is 0.110. The molecule has 2 heterocycles. The molecule has 0 fully saturated rings. The Morgan fingerprint density at radius 1 is 1.53 bits per heavy atom. The molecule has 80 valence electrons. The Bertz CT molecular complexity index is 470. The largest absolute Gasteiger partial charge is 0.455 e. The number of carbonyl (C=O) groups is 1. The molecule has 0 atom stereocenters. The highest BCUT2D eigenvalue weighted by atomic mass is 16.4. The van der Waals surface area contributed by atoms with Crippen LogP contribution in [0, 0.1) is 0 Å². The summed E-state index contributed by atoms with van der Waals surface area (Å²) in [6.45, 7) is 0.858. The number of carbonyl (C=O) groups excluding carboxylic acids is 1. The molecule has 0 amide bonds. The molecule has 15 heavy (non-hydrogen) atoms. The van der Waals surface area contributed by atoms with Crippen LogP contribution in [0.2, 0.25) is 0 Å². The molecular weight excluding hydrogens is 196 g/mol. The first-order valence-electron chi connectivity index (χ1n) is 4.67. The van der Waals surface area contributed by atoms with Gasteiger partial charge in [-0.1, -0.05) is 0 Å². The summed E-state index contributed by atoms with van der Waals surface area (Å²) in [5.74, 6) is 0.834. The van der Waals surface area contributed by atoms with Gasteiger partial charge < -0.3 is 13.7 Å². The van der Waals surface area contributed by atoms with Gasteiger partial charge in [0, 0.05) is 13.0 Å². The van der Waals surface area contributed by atoms with Crippen molar-refractivity contribution in [1.82, 2.24) is 9.88 Å². The van der Waals surface area contributed by atoms with Crippen molar-refractivity contribution in [3.63, 3.8) is 0 Å². The van der Waals surface area contributed by atoms with Gasteiger partial charge in [0.25, 0.3) is 0 Å². The van der Waals surface area contributed by atoms with Gasteiger partial charge in [-0.05, 0) is 14.1 Å². The lowest BCUT2D eigenvalue weighted by Crippen LogP contribution is -2.15. The Hall–Kier alpha value is -1.62. The predicted octanol–water partition coefficient (Wildman–Crippen LogP) is 1.34. The third-order valence-corrected chi connectivity index (χ3v) is 2.10. The lowest BCUT2D eigenvalue weighted by Gasteiger charge is -2.05. The van der Waals surface area contributed by atoms with Crippen LogP contribution in [0.3, 0.4) is 0 Å². The van der Waals surface area contributed by atoms with E-state index in [1.807, 2.05) is 19.0 Å². The fourth-order valence-electron chi connectivity index (χ4n) is 1.31. The van der Waals surface area contributed by atoms with E-state index in [-0.39, 0.29) is 5.76 Å². The summed E-state index contributed by atoms with van der Waals surface area (Å²) in [6, 6.07) is 0. The van der Waals surface area contributed by atoms with Gasteiger partial charge in [0.15, 0.2) is 12.2 Å². The van der Waals surface area contributed by atoms with Crippen molar-refractivity contribution >= 4 is 17.4 Å². The summed E-state index contributed by atoms with van der Waals surface area (Å²) in [4.78, 5) is 16.8. The third-order valence-electron chi connectivity index (χ3n) is 2.10. The molecule has 2 aromatic heterocycles. The summed E-state index contributed by atoms with van der Waals surface area (Å²) < 4.78 is 10.4. The van der Waals surface area contributed by atoms with Crippen molar-refractivity contribution in [2.45, 2.75) is 6.42 Å². The van der Waals surface area contributed by atoms with E-state index in [0.717, 1.165) is 13.0 Å². The average Bonchev–Trinajstić information content (AvgIpc) is 2.72. The zero-order valence-electron chi connectivity index (χ0n) is 8.69. The van der Waals surface area contributed by atoms with Crippen LogP contribution in [-0.4, -0.2) is 36.8 Å². The van der Waals surface area contributed by atoms with E-state index in [0.29, 0.717) is 23.3 Å². The molecule has 2 rings (SSSR count). The van der Waals surface area contributed by atoms with Gasteiger partial charge in [-0.25, -0.2) is 4.98 Å². The molecule has 0 saturated heterocycles. The zero-order chi connectivity index (χ0) is 10.8. The number of aromatic nitrogens is 1. The number of rotatable bonds is 4. The van der Waals surface area contributed by atoms with Gasteiger partial charge in [0.2, 0.25) is 11.3 Å². The Balaban J connectivity index is 2.23. The summed E-state index contributed by atoms with van der Waals surface area (Å²) in [7, 11) is 3.96. The van der Waals surface area contributed by atoms with E-state index in [9.17, 15) is 4.79 Å². The molecule has 5 heteroatoms. The number of nitrogens with zero attached hydrogens (tertiary/aromatic N) is 2. The van der Waals surface area contributed by atoms with Crippen LogP contribution in [0.15, 0.2) is 15.1 Å². The number of oxazole rings is 1. The SMILES string of the molecule is CN(C)CCc1nc2coc(C=O)c2o1. The maximum atomic E-state index is 10.6. The molecule has 0 bridgehead atoms. The van der Waals surface area contributed by atoms with Crippen molar-refractivity contribution in [1.29, 1.82) is 0 Å². The number of furan rings is 1. The van der Waals surface area contributed by atoms with Crippen LogP contribution in [0.25, 0.3) is 11.1 Å². The van der Waals surface area contributed by atoms with Crippen LogP contribution in [-0.2, 0) is 6.42 Å². The van der Waals surface area contributed by atoms with Gasteiger partial charge in [0.1, 0.15) is 11.8 Å². The summed E-state index contributed by atoms with van der Waals surface area (Å²) in [5, 5.41) is 0. The first kappa shape index (κ1) is 9.92. The fourth-order valence-corrected chi connectivity index (χ4v) is 1.31. The molecule has 0 radical (unpaired) electrons. The fraction of sp³-hybridized carbons (Fsp3) is 0.400. The molecule has 0 saturated carbocycles. The van der Waals surface area contributed by atoms with Gasteiger partial charge >= 0.3 is 0 Å². The third kappa shape index (κ3) is 1.92. The Labute approximate surface area is 86.7 Å². The molecule has 0 unspecified atom stereocenters. The number of likely N-dealkylation sites (N-methyl/N-ethyl adjacent to an activating group) is 1. The summed E-state index contributed by atoms with van der Waals surface area (Å²) >= 11 is 0. The lowest BCUT2D eigenvalue weighted by atomic mass is 10.4. The normalized spacial score (nSPS) is 11.4. The van der Waals surface area contributed by atoms with Crippen molar-refractivity contribution < 1.29 is 13.6 Å². The quantitative estimate of drug-likeness (QED) is 0.709. The highest BCUT2D eigenvalue weighted by molar-refractivity contribution is 5.89. The second-order valence-corrected chi connectivity index (χ2v) is 3.59. The molecule has 0 aromatic carbocycles. The molecule has 2 aromatic rings. The predicted molar refractivity (Wildman–Crippen MR) is 53.9 cm³/mol. The van der Waals surface area contributed by atoms with Crippen LogP contribution < -0.4 is 0 Å². The smallest absolute Gasteiger partial charge is 0.211 e. The topological polar surface area (TPSA) is 59.5 Å². The second kappa shape index (κ2) is 3.86. The first-order valence-corrected chi connectivity index (χ1v) is 4.67. The van der Waals surface area contributed by atoms with E-state index in [2.05, 4.69) is 4.98 Å². The van der Waals surface area contributed by atoms with Crippen molar-refractivity contribution in [3.05, 3.63) is 17.9 Å². The minimum absolute atomic E-state index is 0.202. The summed E-state index contributed by atoms with van der Waals surface area (Å²) in [5.41, 5.74) is 1.05. The Morgan fingerprint density at radius 2 is 2.33 bits per heavy atom. The van der Waals surface area contributed by atoms with Gasteiger partial charge in [0.05, 0.1) is 0 Å². The van der Waals surface area contributed by atoms with E-state index >= 15 is 0 Å². The molecule has 0 aliphatic rings. The Morgan fingerprint density at radius 3 is 3.00 bits per heavy atom. The van der Waals surface area contributed by atoms with E-state index in [1.54, 1.807) is 0 Å². The Kier molecular flexibility index (Phi) is 2.55. The van der Waals surface area contributed by atoms with Gasteiger partial charge in [-0.15, -0.1) is 0 Å². The first-order chi connectivity index (χ1) is 7.20. The van der Waals surface area contributed by atoms with Crippen molar-refractivity contribution in [2.24, 2.45) is 0 Å². The molecule has 0 N–H and O–H groups in total. The highest BCUT2D eigenvalue weighted by Crippen LogP contribution is 2.20. The van der Waals surface area contributed by atoms with Gasteiger partial charge in [-0.3, -0.25) is 4.79 Å². The van der Waals surface area contributed by atoms with Crippen molar-refractivity contribution in [3.8, 4) is 0 Å². The summed E-state index contributed by atoms with van der Waals surface area (Å²) in [6.07, 6.45) is 2.78. The van der Waals surface area contributed by atoms with E-state index in [4.69, 9.17) is 8.83 Å². The molecular formula is C10H12N2O3. The van der Waals surface area contributed by atoms with E-state index in [1.165, 1.54) is 6.26 Å². The standard InChI is InChI=1S/C10H12N2O3/c1-12(2)4-3-9-11-7-6-14-8(5-13)10(7)15-9/h5-6H,3-4H2,1-2H3. The molecule has 0 aliphatic heterocycles. The average molecular weight is 208 g/mol. The van der Waals surface area contributed by atoms with E-state index < -0.39 is 0 Å². The highest BCUT2D eigenvalue weighted by Gasteiger charge is 2.13.